The van der Waals surface area contributed by atoms with Crippen LogP contribution in [0.2, 0.25) is 0 Å². The van der Waals surface area contributed by atoms with Crippen molar-refractivity contribution in [3.05, 3.63) is 42.1 Å². The number of carbonyl (C=O) groups is 1. The number of β-amino-alcohol motifs (C(OH)–C–C–N with tert-alkyl or cyclic N) is 1. The Morgan fingerprint density at radius 2 is 2.04 bits per heavy atom. The molecular formula is C20H26N4O4. The molecule has 0 radical (unpaired) electrons. The number of aliphatic hydroxyl groups is 1. The summed E-state index contributed by atoms with van der Waals surface area (Å²) in [4.78, 5) is 21.3. The van der Waals surface area contributed by atoms with E-state index in [9.17, 15) is 9.90 Å². The van der Waals surface area contributed by atoms with Gasteiger partial charge in [0.05, 0.1) is 37.6 Å². The lowest BCUT2D eigenvalue weighted by Crippen LogP contribution is -2.38. The second kappa shape index (κ2) is 8.45. The van der Waals surface area contributed by atoms with E-state index in [1.165, 1.54) is 7.11 Å². The maximum absolute atomic E-state index is 13.0. The predicted octanol–water partition coefficient (Wildman–Crippen LogP) is 1.46. The van der Waals surface area contributed by atoms with Crippen molar-refractivity contribution in [2.45, 2.75) is 12.1 Å². The zero-order valence-corrected chi connectivity index (χ0v) is 16.5. The Balaban J connectivity index is 1.84. The van der Waals surface area contributed by atoms with Crippen LogP contribution < -0.4 is 19.7 Å². The molecule has 1 aliphatic heterocycles. The quantitative estimate of drug-likeness (QED) is 0.777. The lowest BCUT2D eigenvalue weighted by molar-refractivity contribution is 0.102. The van der Waals surface area contributed by atoms with Crippen molar-refractivity contribution in [1.29, 1.82) is 0 Å². The average molecular weight is 386 g/mol. The molecule has 8 heteroatoms. The third kappa shape index (κ3) is 4.02. The summed E-state index contributed by atoms with van der Waals surface area (Å²) in [5.41, 5.74) is 0.975. The van der Waals surface area contributed by atoms with Gasteiger partial charge in [-0.3, -0.25) is 4.79 Å². The topological polar surface area (TPSA) is 87.2 Å². The Morgan fingerprint density at radius 3 is 2.68 bits per heavy atom. The minimum Gasteiger partial charge on any atom is -0.497 e. The highest BCUT2D eigenvalue weighted by Gasteiger charge is 2.35. The zero-order valence-electron chi connectivity index (χ0n) is 16.5. The number of hydrogen-bond donors (Lipinski definition) is 2. The molecular weight excluding hydrogens is 360 g/mol. The number of rotatable bonds is 6. The van der Waals surface area contributed by atoms with E-state index in [0.717, 1.165) is 0 Å². The molecule has 0 aliphatic carbocycles. The van der Waals surface area contributed by atoms with Gasteiger partial charge in [-0.15, -0.1) is 0 Å². The first-order valence-electron chi connectivity index (χ1n) is 9.02. The fourth-order valence-electron chi connectivity index (χ4n) is 3.37. The lowest BCUT2D eigenvalue weighted by atomic mass is 10.2. The number of likely N-dealkylation sites (N-methyl/N-ethyl adjacent to an activating group) is 1. The number of ether oxygens (including phenoxy) is 2. The van der Waals surface area contributed by atoms with Crippen LogP contribution in [0, 0.1) is 0 Å². The monoisotopic (exact) mass is 386 g/mol. The van der Waals surface area contributed by atoms with Gasteiger partial charge in [0.1, 0.15) is 17.3 Å². The standard InChI is InChI=1S/C20H26N4O4/c1-23(2)16-11-24(12-17(16)25)19-14(6-5-9-21-19)20(26)22-15-8-7-13(27-3)10-18(15)28-4/h5-10,16-17,25H,11-12H2,1-4H3,(H,22,26)/t16-,17-/m0/s1. The summed E-state index contributed by atoms with van der Waals surface area (Å²) in [6.07, 6.45) is 1.14. The third-order valence-corrected chi connectivity index (χ3v) is 4.91. The van der Waals surface area contributed by atoms with Crippen LogP contribution in [-0.2, 0) is 0 Å². The maximum atomic E-state index is 13.0. The second-order valence-corrected chi connectivity index (χ2v) is 6.90. The van der Waals surface area contributed by atoms with E-state index < -0.39 is 6.10 Å². The number of nitrogens with one attached hydrogen (secondary N) is 1. The fraction of sp³-hybridized carbons (Fsp3) is 0.400. The Bertz CT molecular complexity index is 843. The van der Waals surface area contributed by atoms with Gasteiger partial charge in [-0.25, -0.2) is 4.98 Å². The van der Waals surface area contributed by atoms with E-state index in [0.29, 0.717) is 41.7 Å². The van der Waals surface area contributed by atoms with Crippen molar-refractivity contribution in [2.75, 3.05) is 51.6 Å². The molecule has 0 bridgehead atoms. The van der Waals surface area contributed by atoms with Crippen molar-refractivity contribution >= 4 is 17.4 Å². The van der Waals surface area contributed by atoms with Gasteiger partial charge < -0.3 is 29.7 Å². The maximum Gasteiger partial charge on any atom is 0.259 e. The zero-order chi connectivity index (χ0) is 20.3. The van der Waals surface area contributed by atoms with Gasteiger partial charge >= 0.3 is 0 Å². The van der Waals surface area contributed by atoms with E-state index in [-0.39, 0.29) is 11.9 Å². The molecule has 1 amide bonds. The first-order chi connectivity index (χ1) is 13.4. The van der Waals surface area contributed by atoms with Gasteiger partial charge in [-0.1, -0.05) is 0 Å². The molecule has 0 saturated carbocycles. The van der Waals surface area contributed by atoms with Gasteiger partial charge in [-0.05, 0) is 38.4 Å². The van der Waals surface area contributed by atoms with E-state index in [4.69, 9.17) is 9.47 Å². The summed E-state index contributed by atoms with van der Waals surface area (Å²) in [5, 5.41) is 13.2. The molecule has 1 aliphatic rings. The Hall–Kier alpha value is -2.84. The highest BCUT2D eigenvalue weighted by molar-refractivity contribution is 6.08. The Morgan fingerprint density at radius 1 is 1.25 bits per heavy atom. The van der Waals surface area contributed by atoms with Crippen LogP contribution in [0.1, 0.15) is 10.4 Å². The van der Waals surface area contributed by atoms with Gasteiger partial charge in [0.15, 0.2) is 0 Å². The number of carbonyl (C=O) groups excluding carboxylic acids is 1. The molecule has 1 aromatic heterocycles. The number of aromatic nitrogens is 1. The molecule has 8 nitrogen and oxygen atoms in total. The molecule has 1 fully saturated rings. The Labute approximate surface area is 164 Å². The highest BCUT2D eigenvalue weighted by atomic mass is 16.5. The van der Waals surface area contributed by atoms with Gasteiger partial charge in [-0.2, -0.15) is 0 Å². The molecule has 1 saturated heterocycles. The molecule has 28 heavy (non-hydrogen) atoms. The van der Waals surface area contributed by atoms with Gasteiger partial charge in [0.25, 0.3) is 5.91 Å². The van der Waals surface area contributed by atoms with Crippen molar-refractivity contribution in [2.24, 2.45) is 0 Å². The number of hydrogen-bond acceptors (Lipinski definition) is 7. The third-order valence-electron chi connectivity index (χ3n) is 4.91. The largest absolute Gasteiger partial charge is 0.497 e. The van der Waals surface area contributed by atoms with E-state index in [1.807, 2.05) is 23.9 Å². The summed E-state index contributed by atoms with van der Waals surface area (Å²) >= 11 is 0. The summed E-state index contributed by atoms with van der Waals surface area (Å²) in [7, 11) is 6.96. The normalized spacial score (nSPS) is 19.0. The Kier molecular flexibility index (Phi) is 6.01. The second-order valence-electron chi connectivity index (χ2n) is 6.90. The number of methoxy groups -OCH3 is 2. The van der Waals surface area contributed by atoms with E-state index in [1.54, 1.807) is 43.6 Å². The minimum atomic E-state index is -0.505. The van der Waals surface area contributed by atoms with Gasteiger partial charge in [0.2, 0.25) is 0 Å². The van der Waals surface area contributed by atoms with E-state index in [2.05, 4.69) is 10.3 Å². The number of amides is 1. The summed E-state index contributed by atoms with van der Waals surface area (Å²) in [5.74, 6) is 1.39. The van der Waals surface area contributed by atoms with Crippen molar-refractivity contribution in [1.82, 2.24) is 9.88 Å². The molecule has 2 atom stereocenters. The first kappa shape index (κ1) is 19.9. The molecule has 150 valence electrons. The molecule has 2 heterocycles. The number of pyridine rings is 1. The lowest BCUT2D eigenvalue weighted by Gasteiger charge is -2.22. The SMILES string of the molecule is COc1ccc(NC(=O)c2cccnc2N2C[C@H](O)[C@@H](N(C)C)C2)c(OC)c1. The van der Waals surface area contributed by atoms with E-state index >= 15 is 0 Å². The summed E-state index contributed by atoms with van der Waals surface area (Å²) in [6.45, 7) is 1.02. The number of nitrogens with zero attached hydrogens (tertiary/aromatic N) is 3. The molecule has 1 aromatic carbocycles. The molecule has 2 N–H and O–H groups in total. The first-order valence-corrected chi connectivity index (χ1v) is 9.02. The number of aliphatic hydroxyl groups excluding tert-OH is 1. The fourth-order valence-corrected chi connectivity index (χ4v) is 3.37. The molecule has 0 spiro atoms. The van der Waals surface area contributed by atoms with Crippen LogP contribution in [-0.4, -0.2) is 74.4 Å². The van der Waals surface area contributed by atoms with Crippen LogP contribution in [0.25, 0.3) is 0 Å². The van der Waals surface area contributed by atoms with Crippen LogP contribution in [0.15, 0.2) is 36.5 Å². The van der Waals surface area contributed by atoms with Crippen molar-refractivity contribution in [3.63, 3.8) is 0 Å². The smallest absolute Gasteiger partial charge is 0.259 e. The minimum absolute atomic E-state index is 0.0143. The summed E-state index contributed by atoms with van der Waals surface area (Å²) in [6, 6.07) is 8.62. The van der Waals surface area contributed by atoms with Crippen LogP contribution in [0.4, 0.5) is 11.5 Å². The number of benzene rings is 1. The predicted molar refractivity (Wildman–Crippen MR) is 107 cm³/mol. The van der Waals surface area contributed by atoms with Crippen molar-refractivity contribution in [3.8, 4) is 11.5 Å². The molecule has 3 rings (SSSR count). The summed E-state index contributed by atoms with van der Waals surface area (Å²) < 4.78 is 10.5. The van der Waals surface area contributed by atoms with Crippen LogP contribution in [0.3, 0.4) is 0 Å². The van der Waals surface area contributed by atoms with Crippen LogP contribution in [0.5, 0.6) is 11.5 Å². The molecule has 0 unspecified atom stereocenters. The number of anilines is 2. The molecule has 2 aromatic rings. The van der Waals surface area contributed by atoms with Crippen LogP contribution >= 0.6 is 0 Å². The average Bonchev–Trinajstić information content (AvgIpc) is 3.10. The van der Waals surface area contributed by atoms with Gasteiger partial charge in [0, 0.05) is 25.4 Å². The highest BCUT2D eigenvalue weighted by Crippen LogP contribution is 2.30. The van der Waals surface area contributed by atoms with Crippen molar-refractivity contribution < 1.29 is 19.4 Å².